The van der Waals surface area contributed by atoms with Gasteiger partial charge in [-0.05, 0) is 10.8 Å². The van der Waals surface area contributed by atoms with E-state index in [0.717, 1.165) is 0 Å². The van der Waals surface area contributed by atoms with Crippen molar-refractivity contribution in [2.45, 2.75) is 19.8 Å². The van der Waals surface area contributed by atoms with Crippen LogP contribution in [0.4, 0.5) is 0 Å². The Morgan fingerprint density at radius 2 is 2.00 bits per heavy atom. The monoisotopic (exact) mass is 248 g/mol. The van der Waals surface area contributed by atoms with Crippen molar-refractivity contribution in [3.63, 3.8) is 0 Å². The van der Waals surface area contributed by atoms with Crippen molar-refractivity contribution in [1.82, 2.24) is 0 Å². The third-order valence-electron chi connectivity index (χ3n) is 0.487. The summed E-state index contributed by atoms with van der Waals surface area (Å²) in [5.41, 5.74) is 0. The Labute approximate surface area is 66.0 Å². The molecule has 0 spiro atoms. The van der Waals surface area contributed by atoms with Crippen molar-refractivity contribution >= 4 is 22.6 Å². The Balaban J connectivity index is 0. The van der Waals surface area contributed by atoms with E-state index in [2.05, 4.69) is 29.5 Å². The molecule has 2 heteroatoms. The van der Waals surface area contributed by atoms with Crippen LogP contribution >= 0.6 is 22.6 Å². The zero-order valence-corrected chi connectivity index (χ0v) is 9.33. The van der Waals surface area contributed by atoms with Crippen LogP contribution in [0.2, 0.25) is 0 Å². The molecule has 0 aliphatic rings. The zero-order chi connectivity index (χ0) is 4.12. The molecular formula is C4H9IZn+2. The van der Waals surface area contributed by atoms with E-state index >= 15 is 0 Å². The molecule has 0 aromatic carbocycles. The van der Waals surface area contributed by atoms with Crippen LogP contribution in [0.3, 0.4) is 0 Å². The molecule has 0 aromatic heterocycles. The normalized spacial score (nSPS) is 7.00. The summed E-state index contributed by atoms with van der Waals surface area (Å²) in [6, 6.07) is 0. The average Bonchev–Trinajstić information content (AvgIpc) is 1.41. The fraction of sp³-hybridized carbons (Fsp3) is 1.00. The third kappa shape index (κ3) is 9.02. The second-order valence-corrected chi connectivity index (χ2v) is 2.12. The minimum Gasteiger partial charge on any atom is -0.0864 e. The standard InChI is InChI=1S/C4H9I.Zn/c1-2-3-4-5;/h2-4H2,1H3;/q;+2. The van der Waals surface area contributed by atoms with Gasteiger partial charge in [-0.15, -0.1) is 0 Å². The van der Waals surface area contributed by atoms with Gasteiger partial charge in [0, 0.05) is 0 Å². The number of unbranched alkanes of at least 4 members (excludes halogenated alkanes) is 1. The van der Waals surface area contributed by atoms with Crippen molar-refractivity contribution in [1.29, 1.82) is 0 Å². The summed E-state index contributed by atoms with van der Waals surface area (Å²) in [7, 11) is 0. The number of alkyl halides is 1. The number of halogens is 1. The summed E-state index contributed by atoms with van der Waals surface area (Å²) < 4.78 is 1.31. The number of hydrogen-bond donors (Lipinski definition) is 0. The van der Waals surface area contributed by atoms with Crippen molar-refractivity contribution in [3.05, 3.63) is 0 Å². The molecule has 0 saturated carbocycles. The van der Waals surface area contributed by atoms with Crippen molar-refractivity contribution in [2.75, 3.05) is 4.43 Å². The first-order valence-electron chi connectivity index (χ1n) is 1.97. The quantitative estimate of drug-likeness (QED) is 0.400. The topological polar surface area (TPSA) is 0 Å². The largest absolute Gasteiger partial charge is 2.00 e. The fourth-order valence-corrected chi connectivity index (χ4v) is 0.896. The van der Waals surface area contributed by atoms with E-state index in [-0.39, 0.29) is 19.5 Å². The maximum absolute atomic E-state index is 2.39. The molecule has 0 N–H and O–H groups in total. The van der Waals surface area contributed by atoms with Crippen LogP contribution in [-0.4, -0.2) is 4.43 Å². The minimum absolute atomic E-state index is 0. The predicted molar refractivity (Wildman–Crippen MR) is 33.8 cm³/mol. The molecule has 0 heterocycles. The van der Waals surface area contributed by atoms with E-state index in [1.54, 1.807) is 0 Å². The van der Waals surface area contributed by atoms with Crippen LogP contribution < -0.4 is 0 Å². The summed E-state index contributed by atoms with van der Waals surface area (Å²) in [6.07, 6.45) is 2.71. The zero-order valence-electron chi connectivity index (χ0n) is 4.21. The van der Waals surface area contributed by atoms with E-state index < -0.39 is 0 Å². The molecule has 32 valence electrons. The van der Waals surface area contributed by atoms with E-state index in [9.17, 15) is 0 Å². The van der Waals surface area contributed by atoms with Gasteiger partial charge >= 0.3 is 19.5 Å². The Morgan fingerprint density at radius 1 is 1.50 bits per heavy atom. The fourth-order valence-electron chi connectivity index (χ4n) is 0.134. The van der Waals surface area contributed by atoms with Gasteiger partial charge in [-0.2, -0.15) is 0 Å². The van der Waals surface area contributed by atoms with Gasteiger partial charge in [-0.3, -0.25) is 0 Å². The maximum Gasteiger partial charge on any atom is 2.00 e. The van der Waals surface area contributed by atoms with E-state index in [4.69, 9.17) is 0 Å². The summed E-state index contributed by atoms with van der Waals surface area (Å²) >= 11 is 2.39. The first-order chi connectivity index (χ1) is 2.41. The minimum atomic E-state index is 0. The molecule has 0 saturated heterocycles. The Kier molecular flexibility index (Phi) is 16.6. The van der Waals surface area contributed by atoms with Gasteiger partial charge in [0.05, 0.1) is 0 Å². The second-order valence-electron chi connectivity index (χ2n) is 1.04. The average molecular weight is 249 g/mol. The molecule has 0 aliphatic carbocycles. The molecule has 0 aromatic rings. The van der Waals surface area contributed by atoms with Crippen molar-refractivity contribution < 1.29 is 19.5 Å². The van der Waals surface area contributed by atoms with E-state index in [1.807, 2.05) is 0 Å². The summed E-state index contributed by atoms with van der Waals surface area (Å²) in [4.78, 5) is 0. The van der Waals surface area contributed by atoms with Crippen LogP contribution in [0, 0.1) is 0 Å². The molecule has 0 amide bonds. The van der Waals surface area contributed by atoms with Gasteiger partial charge in [0.1, 0.15) is 0 Å². The maximum atomic E-state index is 2.39. The number of hydrogen-bond acceptors (Lipinski definition) is 0. The van der Waals surface area contributed by atoms with Crippen LogP contribution in [0.15, 0.2) is 0 Å². The summed E-state index contributed by atoms with van der Waals surface area (Å²) in [5.74, 6) is 0. The molecule has 0 atom stereocenters. The van der Waals surface area contributed by atoms with E-state index in [1.165, 1.54) is 17.3 Å². The molecule has 0 rings (SSSR count). The van der Waals surface area contributed by atoms with Gasteiger partial charge in [0.2, 0.25) is 0 Å². The van der Waals surface area contributed by atoms with Crippen LogP contribution in [0.25, 0.3) is 0 Å². The molecule has 0 nitrogen and oxygen atoms in total. The van der Waals surface area contributed by atoms with Crippen LogP contribution in [0.1, 0.15) is 19.8 Å². The van der Waals surface area contributed by atoms with E-state index in [0.29, 0.717) is 0 Å². The SMILES string of the molecule is CCCCI.[Zn+2]. The first-order valence-corrected chi connectivity index (χ1v) is 3.50. The summed E-state index contributed by atoms with van der Waals surface area (Å²) in [5, 5.41) is 0. The van der Waals surface area contributed by atoms with Crippen molar-refractivity contribution in [3.8, 4) is 0 Å². The Morgan fingerprint density at radius 3 is 2.00 bits per heavy atom. The molecule has 0 aliphatic heterocycles. The smallest absolute Gasteiger partial charge is 0.0864 e. The predicted octanol–water partition coefficient (Wildman–Crippen LogP) is 2.22. The van der Waals surface area contributed by atoms with Gasteiger partial charge in [-0.25, -0.2) is 0 Å². The second kappa shape index (κ2) is 9.61. The molecule has 0 radical (unpaired) electrons. The third-order valence-corrected chi connectivity index (χ3v) is 1.25. The Hall–Kier alpha value is 1.35. The molecule has 0 unspecified atom stereocenters. The Bertz CT molecular complexity index is 15.0. The number of rotatable bonds is 2. The molecule has 0 bridgehead atoms. The summed E-state index contributed by atoms with van der Waals surface area (Å²) in [6.45, 7) is 2.21. The van der Waals surface area contributed by atoms with Crippen LogP contribution in [-0.2, 0) is 19.5 Å². The van der Waals surface area contributed by atoms with Crippen molar-refractivity contribution in [2.24, 2.45) is 0 Å². The van der Waals surface area contributed by atoms with Gasteiger partial charge in [0.25, 0.3) is 0 Å². The molecule has 0 fully saturated rings. The van der Waals surface area contributed by atoms with Gasteiger partial charge in [-0.1, -0.05) is 35.9 Å². The first kappa shape index (κ1) is 10.4. The van der Waals surface area contributed by atoms with Gasteiger partial charge < -0.3 is 0 Å². The molecular weight excluding hydrogens is 240 g/mol. The van der Waals surface area contributed by atoms with Crippen LogP contribution in [0.5, 0.6) is 0 Å². The van der Waals surface area contributed by atoms with Gasteiger partial charge in [0.15, 0.2) is 0 Å². The molecule has 6 heavy (non-hydrogen) atoms.